The van der Waals surface area contributed by atoms with Gasteiger partial charge in [-0.25, -0.2) is 0 Å². The second-order valence-electron chi connectivity index (χ2n) is 4.94. The standard InChI is InChI=1S/C7H15NO3.C5H9NO2.C2H5NO2/c1-2-4-8-6(3-5-9)7(10)11;7-5(8)4-2-1-3-6-4;3-1-2(4)5/h6,8-9H,2-5H2,1H3,(H,10,11);4,6H,1-3H2,(H,7,8);1,3H2,(H,4,5)/t;4-;/m.0./s1. The van der Waals surface area contributed by atoms with E-state index in [1.165, 1.54) is 0 Å². The fraction of sp³-hybridized carbons (Fsp3) is 0.786. The van der Waals surface area contributed by atoms with Gasteiger partial charge in [-0.3, -0.25) is 14.4 Å². The molecule has 0 radical (unpaired) electrons. The highest BCUT2D eigenvalue weighted by molar-refractivity contribution is 5.73. The van der Waals surface area contributed by atoms with Gasteiger partial charge in [0.1, 0.15) is 12.1 Å². The van der Waals surface area contributed by atoms with Gasteiger partial charge in [0, 0.05) is 6.61 Å². The monoisotopic (exact) mass is 351 g/mol. The van der Waals surface area contributed by atoms with Gasteiger partial charge in [0.05, 0.1) is 6.54 Å². The molecular formula is C14H29N3O7. The summed E-state index contributed by atoms with van der Waals surface area (Å²) in [4.78, 5) is 29.8. The van der Waals surface area contributed by atoms with Crippen molar-refractivity contribution in [2.75, 3.05) is 26.2 Å². The van der Waals surface area contributed by atoms with E-state index in [1.54, 1.807) is 0 Å². The van der Waals surface area contributed by atoms with Gasteiger partial charge in [-0.15, -0.1) is 0 Å². The third-order valence-corrected chi connectivity index (χ3v) is 2.89. The van der Waals surface area contributed by atoms with Crippen LogP contribution in [0.3, 0.4) is 0 Å². The first-order valence-electron chi connectivity index (χ1n) is 7.75. The van der Waals surface area contributed by atoms with Crippen LogP contribution in [0.5, 0.6) is 0 Å². The molecule has 8 N–H and O–H groups in total. The van der Waals surface area contributed by atoms with Gasteiger partial charge in [0.15, 0.2) is 0 Å². The average molecular weight is 351 g/mol. The summed E-state index contributed by atoms with van der Waals surface area (Å²) >= 11 is 0. The van der Waals surface area contributed by atoms with Crippen molar-refractivity contribution in [3.63, 3.8) is 0 Å². The van der Waals surface area contributed by atoms with E-state index in [0.29, 0.717) is 6.54 Å². The molecule has 0 aromatic carbocycles. The van der Waals surface area contributed by atoms with Crippen LogP contribution in [-0.4, -0.2) is 76.7 Å². The van der Waals surface area contributed by atoms with Gasteiger partial charge in [-0.05, 0) is 38.8 Å². The molecule has 10 heteroatoms. The van der Waals surface area contributed by atoms with Crippen molar-refractivity contribution < 1.29 is 34.8 Å². The lowest BCUT2D eigenvalue weighted by molar-refractivity contribution is -0.140. The Bertz CT molecular complexity index is 360. The zero-order valence-corrected chi connectivity index (χ0v) is 13.9. The number of aliphatic carboxylic acids is 3. The SMILES string of the molecule is CCCNC(CCO)C(=O)O.NCC(=O)O.O=C(O)[C@@H]1CCCN1. The second kappa shape index (κ2) is 16.1. The molecule has 1 heterocycles. The number of nitrogens with one attached hydrogen (secondary N) is 2. The predicted molar refractivity (Wildman–Crippen MR) is 86.8 cm³/mol. The van der Waals surface area contributed by atoms with E-state index in [-0.39, 0.29) is 25.6 Å². The minimum absolute atomic E-state index is 0.0896. The topological polar surface area (TPSA) is 182 Å². The first-order valence-corrected chi connectivity index (χ1v) is 7.75. The first kappa shape index (κ1) is 24.5. The number of rotatable bonds is 8. The molecule has 0 saturated carbocycles. The number of hydrogen-bond donors (Lipinski definition) is 7. The van der Waals surface area contributed by atoms with Gasteiger partial charge in [-0.1, -0.05) is 6.92 Å². The number of carboxylic acid groups (broad SMARTS) is 3. The quantitative estimate of drug-likeness (QED) is 0.277. The van der Waals surface area contributed by atoms with E-state index >= 15 is 0 Å². The van der Waals surface area contributed by atoms with Crippen LogP contribution in [0, 0.1) is 0 Å². The third kappa shape index (κ3) is 15.2. The number of carboxylic acids is 3. The normalized spacial score (nSPS) is 16.9. The van der Waals surface area contributed by atoms with Crippen molar-refractivity contribution in [1.29, 1.82) is 0 Å². The molecule has 0 spiro atoms. The lowest BCUT2D eigenvalue weighted by atomic mass is 10.2. The van der Waals surface area contributed by atoms with E-state index in [0.717, 1.165) is 25.8 Å². The van der Waals surface area contributed by atoms with Crippen LogP contribution in [0.2, 0.25) is 0 Å². The van der Waals surface area contributed by atoms with Crippen LogP contribution in [0.1, 0.15) is 32.6 Å². The molecule has 0 bridgehead atoms. The Morgan fingerprint density at radius 1 is 1.29 bits per heavy atom. The summed E-state index contributed by atoms with van der Waals surface area (Å²) < 4.78 is 0. The summed E-state index contributed by atoms with van der Waals surface area (Å²) in [6, 6.07) is -0.866. The van der Waals surface area contributed by atoms with E-state index in [4.69, 9.17) is 20.4 Å². The van der Waals surface area contributed by atoms with E-state index in [9.17, 15) is 14.4 Å². The van der Waals surface area contributed by atoms with Crippen LogP contribution in [0.4, 0.5) is 0 Å². The highest BCUT2D eigenvalue weighted by atomic mass is 16.4. The lowest BCUT2D eigenvalue weighted by Gasteiger charge is -2.11. The molecule has 1 aliphatic rings. The van der Waals surface area contributed by atoms with Gasteiger partial charge in [0.25, 0.3) is 0 Å². The van der Waals surface area contributed by atoms with Crippen LogP contribution < -0.4 is 16.4 Å². The van der Waals surface area contributed by atoms with Crippen LogP contribution in [0.15, 0.2) is 0 Å². The molecule has 1 rings (SSSR count). The minimum Gasteiger partial charge on any atom is -0.480 e. The van der Waals surface area contributed by atoms with Gasteiger partial charge >= 0.3 is 17.9 Å². The largest absolute Gasteiger partial charge is 0.480 e. The number of aliphatic hydroxyl groups is 1. The van der Waals surface area contributed by atoms with Crippen LogP contribution in [-0.2, 0) is 14.4 Å². The van der Waals surface area contributed by atoms with E-state index < -0.39 is 23.9 Å². The fourth-order valence-corrected chi connectivity index (χ4v) is 1.66. The Hall–Kier alpha value is -1.75. The fourth-order valence-electron chi connectivity index (χ4n) is 1.66. The maximum absolute atomic E-state index is 10.4. The average Bonchev–Trinajstić information content (AvgIpc) is 3.07. The zero-order chi connectivity index (χ0) is 19.0. The molecule has 0 aliphatic carbocycles. The molecule has 1 fully saturated rings. The number of hydrogen-bond acceptors (Lipinski definition) is 7. The summed E-state index contributed by atoms with van der Waals surface area (Å²) in [5.74, 6) is -2.58. The molecule has 1 saturated heterocycles. The van der Waals surface area contributed by atoms with Crippen molar-refractivity contribution in [1.82, 2.24) is 10.6 Å². The van der Waals surface area contributed by atoms with Gasteiger partial charge in [0.2, 0.25) is 0 Å². The molecule has 0 aromatic rings. The van der Waals surface area contributed by atoms with Crippen molar-refractivity contribution >= 4 is 17.9 Å². The summed E-state index contributed by atoms with van der Waals surface area (Å²) in [6.45, 7) is 3.13. The maximum atomic E-state index is 10.4. The third-order valence-electron chi connectivity index (χ3n) is 2.89. The molecule has 1 aliphatic heterocycles. The van der Waals surface area contributed by atoms with Crippen molar-refractivity contribution in [2.45, 2.75) is 44.7 Å². The Morgan fingerprint density at radius 2 is 1.88 bits per heavy atom. The molecule has 1 unspecified atom stereocenters. The smallest absolute Gasteiger partial charge is 0.320 e. The molecular weight excluding hydrogens is 322 g/mol. The Morgan fingerprint density at radius 3 is 2.12 bits per heavy atom. The summed E-state index contributed by atoms with van der Waals surface area (Å²) in [7, 11) is 0. The Labute approximate surface area is 141 Å². The minimum atomic E-state index is -0.968. The number of carbonyl (C=O) groups is 3. The van der Waals surface area contributed by atoms with Gasteiger partial charge in [-0.2, -0.15) is 0 Å². The van der Waals surface area contributed by atoms with Crippen LogP contribution in [0.25, 0.3) is 0 Å². The lowest BCUT2D eigenvalue weighted by Crippen LogP contribution is -2.37. The number of nitrogens with two attached hydrogens (primary N) is 1. The second-order valence-corrected chi connectivity index (χ2v) is 4.94. The highest BCUT2D eigenvalue weighted by Crippen LogP contribution is 2.03. The summed E-state index contributed by atoms with van der Waals surface area (Å²) in [5.41, 5.74) is 4.57. The molecule has 10 nitrogen and oxygen atoms in total. The highest BCUT2D eigenvalue weighted by Gasteiger charge is 2.20. The molecule has 0 aromatic heterocycles. The molecule has 24 heavy (non-hydrogen) atoms. The van der Waals surface area contributed by atoms with Gasteiger partial charge < -0.3 is 36.8 Å². The zero-order valence-electron chi connectivity index (χ0n) is 13.9. The molecule has 142 valence electrons. The Kier molecular flexibility index (Phi) is 16.5. The Balaban J connectivity index is 0. The predicted octanol–water partition coefficient (Wildman–Crippen LogP) is -1.33. The van der Waals surface area contributed by atoms with E-state index in [1.807, 2.05) is 6.92 Å². The van der Waals surface area contributed by atoms with Crippen molar-refractivity contribution in [3.8, 4) is 0 Å². The summed E-state index contributed by atoms with van der Waals surface area (Å²) in [5, 5.41) is 38.7. The number of aliphatic hydroxyl groups excluding tert-OH is 1. The first-order chi connectivity index (χ1) is 11.3. The maximum Gasteiger partial charge on any atom is 0.320 e. The van der Waals surface area contributed by atoms with Crippen molar-refractivity contribution in [3.05, 3.63) is 0 Å². The van der Waals surface area contributed by atoms with Crippen LogP contribution >= 0.6 is 0 Å². The van der Waals surface area contributed by atoms with E-state index in [2.05, 4.69) is 16.4 Å². The molecule has 0 amide bonds. The molecule has 2 atom stereocenters. The summed E-state index contributed by atoms with van der Waals surface area (Å²) in [6.07, 6.45) is 2.96. The van der Waals surface area contributed by atoms with Crippen molar-refractivity contribution in [2.24, 2.45) is 5.73 Å².